The molecule has 0 aromatic carbocycles. The molecule has 0 saturated carbocycles. The summed E-state index contributed by atoms with van der Waals surface area (Å²) in [5, 5.41) is 7.74. The number of carbonyl (C=O) groups excluding carboxylic acids is 2. The Morgan fingerprint density at radius 2 is 1.90 bits per heavy atom. The van der Waals surface area contributed by atoms with Gasteiger partial charge in [0.15, 0.2) is 0 Å². The van der Waals surface area contributed by atoms with Crippen molar-refractivity contribution in [2.45, 2.75) is 19.8 Å². The predicted octanol–water partition coefficient (Wildman–Crippen LogP) is -0.0202. The van der Waals surface area contributed by atoms with E-state index < -0.39 is 0 Å². The van der Waals surface area contributed by atoms with Gasteiger partial charge in [-0.3, -0.25) is 9.59 Å². The lowest BCUT2D eigenvalue weighted by Crippen LogP contribution is -2.49. The molecule has 2 heterocycles. The van der Waals surface area contributed by atoms with Crippen LogP contribution >= 0.6 is 0 Å². The third-order valence-corrected chi connectivity index (χ3v) is 3.19. The van der Waals surface area contributed by atoms with Crippen LogP contribution in [0.3, 0.4) is 0 Å². The smallest absolute Gasteiger partial charge is 0.318 e. The van der Waals surface area contributed by atoms with Crippen molar-refractivity contribution in [2.24, 2.45) is 0 Å². The summed E-state index contributed by atoms with van der Waals surface area (Å²) in [6.07, 6.45) is 0.310. The largest absolute Gasteiger partial charge is 0.469 e. The molecular formula is C12H18N4O4. The maximum Gasteiger partial charge on any atom is 0.318 e. The lowest BCUT2D eigenvalue weighted by Gasteiger charge is -2.33. The summed E-state index contributed by atoms with van der Waals surface area (Å²) in [6, 6.07) is 0.490. The van der Waals surface area contributed by atoms with Gasteiger partial charge >= 0.3 is 12.0 Å². The number of methoxy groups -OCH3 is 1. The first-order valence-corrected chi connectivity index (χ1v) is 6.50. The third kappa shape index (κ3) is 3.46. The Labute approximate surface area is 116 Å². The van der Waals surface area contributed by atoms with Crippen molar-refractivity contribution in [3.63, 3.8) is 0 Å². The number of aryl methyl sites for hydroxylation is 1. The number of hydrogen-bond donors (Lipinski definition) is 0. The fourth-order valence-corrected chi connectivity index (χ4v) is 2.03. The molecule has 0 aliphatic carbocycles. The summed E-state index contributed by atoms with van der Waals surface area (Å²) in [7, 11) is 1.32. The zero-order valence-corrected chi connectivity index (χ0v) is 11.7. The molecule has 110 valence electrons. The third-order valence-electron chi connectivity index (χ3n) is 3.19. The summed E-state index contributed by atoms with van der Waals surface area (Å²) in [6.45, 7) is 4.20. The van der Waals surface area contributed by atoms with Crippen molar-refractivity contribution in [3.8, 4) is 0 Å². The number of amides is 1. The molecule has 0 spiro atoms. The Kier molecular flexibility index (Phi) is 4.54. The number of anilines is 1. The van der Waals surface area contributed by atoms with E-state index in [2.05, 4.69) is 14.9 Å². The molecule has 8 nitrogen and oxygen atoms in total. The number of aromatic nitrogens is 2. The maximum atomic E-state index is 11.9. The van der Waals surface area contributed by atoms with Gasteiger partial charge < -0.3 is 19.0 Å². The van der Waals surface area contributed by atoms with Crippen molar-refractivity contribution >= 4 is 17.9 Å². The molecule has 1 aromatic heterocycles. The quantitative estimate of drug-likeness (QED) is 0.717. The van der Waals surface area contributed by atoms with Crippen molar-refractivity contribution in [2.75, 3.05) is 38.2 Å². The highest BCUT2D eigenvalue weighted by atomic mass is 16.5. The van der Waals surface area contributed by atoms with Crippen LogP contribution in [0.25, 0.3) is 0 Å². The highest BCUT2D eigenvalue weighted by Gasteiger charge is 2.24. The first-order valence-electron chi connectivity index (χ1n) is 6.50. The molecule has 1 aliphatic rings. The standard InChI is InChI=1S/C12H18N4O4/c1-9-13-14-12(20-9)16-7-5-15(6-8-16)10(17)3-4-11(18)19-2/h3-8H2,1-2H3. The Morgan fingerprint density at radius 1 is 1.20 bits per heavy atom. The number of esters is 1. The monoisotopic (exact) mass is 282 g/mol. The van der Waals surface area contributed by atoms with E-state index in [-0.39, 0.29) is 24.7 Å². The average Bonchev–Trinajstić information content (AvgIpc) is 2.91. The number of carbonyl (C=O) groups is 2. The van der Waals surface area contributed by atoms with Gasteiger partial charge in [0, 0.05) is 39.5 Å². The first-order chi connectivity index (χ1) is 9.60. The van der Waals surface area contributed by atoms with Crippen molar-refractivity contribution in [3.05, 3.63) is 5.89 Å². The molecule has 0 radical (unpaired) electrons. The van der Waals surface area contributed by atoms with Crippen molar-refractivity contribution < 1.29 is 18.7 Å². The normalized spacial score (nSPS) is 15.3. The van der Waals surface area contributed by atoms with E-state index in [1.165, 1.54) is 7.11 Å². The zero-order chi connectivity index (χ0) is 14.5. The van der Waals surface area contributed by atoms with E-state index in [1.54, 1.807) is 11.8 Å². The Morgan fingerprint density at radius 3 is 2.45 bits per heavy atom. The van der Waals surface area contributed by atoms with Crippen LogP contribution in [0.4, 0.5) is 6.01 Å². The number of hydrogen-bond acceptors (Lipinski definition) is 7. The molecule has 8 heteroatoms. The van der Waals surface area contributed by atoms with Crippen LogP contribution in [0.15, 0.2) is 4.42 Å². The van der Waals surface area contributed by atoms with E-state index in [1.807, 2.05) is 4.90 Å². The van der Waals surface area contributed by atoms with Gasteiger partial charge in [0.1, 0.15) is 0 Å². The second-order valence-electron chi connectivity index (χ2n) is 4.55. The minimum absolute atomic E-state index is 0.0308. The molecular weight excluding hydrogens is 264 g/mol. The van der Waals surface area contributed by atoms with Gasteiger partial charge in [-0.15, -0.1) is 5.10 Å². The van der Waals surface area contributed by atoms with Crippen molar-refractivity contribution in [1.82, 2.24) is 15.1 Å². The summed E-state index contributed by atoms with van der Waals surface area (Å²) in [5.74, 6) is 0.131. The number of ether oxygens (including phenoxy) is 1. The topological polar surface area (TPSA) is 88.8 Å². The second-order valence-corrected chi connectivity index (χ2v) is 4.55. The minimum atomic E-state index is -0.363. The van der Waals surface area contributed by atoms with Crippen LogP contribution in [0.1, 0.15) is 18.7 Å². The van der Waals surface area contributed by atoms with E-state index in [0.29, 0.717) is 38.1 Å². The van der Waals surface area contributed by atoms with Gasteiger partial charge in [-0.1, -0.05) is 5.10 Å². The highest BCUT2D eigenvalue weighted by molar-refractivity contribution is 5.81. The molecule has 1 amide bonds. The van der Waals surface area contributed by atoms with Gasteiger partial charge in [-0.05, 0) is 0 Å². The molecule has 0 unspecified atom stereocenters. The molecule has 0 atom stereocenters. The molecule has 1 aliphatic heterocycles. The number of nitrogens with zero attached hydrogens (tertiary/aromatic N) is 4. The van der Waals surface area contributed by atoms with E-state index in [4.69, 9.17) is 4.42 Å². The Hall–Kier alpha value is -2.12. The van der Waals surface area contributed by atoms with Gasteiger partial charge in [0.2, 0.25) is 11.8 Å². The fraction of sp³-hybridized carbons (Fsp3) is 0.667. The van der Waals surface area contributed by atoms with E-state index in [9.17, 15) is 9.59 Å². The van der Waals surface area contributed by atoms with Crippen LogP contribution in [-0.4, -0.2) is 60.3 Å². The first kappa shape index (κ1) is 14.3. The summed E-state index contributed by atoms with van der Waals surface area (Å²) in [5.41, 5.74) is 0. The van der Waals surface area contributed by atoms with Gasteiger partial charge in [0.25, 0.3) is 0 Å². The predicted molar refractivity (Wildman–Crippen MR) is 69.1 cm³/mol. The van der Waals surface area contributed by atoms with Crippen LogP contribution in [0, 0.1) is 6.92 Å². The molecule has 1 aromatic rings. The molecule has 2 rings (SSSR count). The Bertz CT molecular complexity index is 480. The summed E-state index contributed by atoms with van der Waals surface area (Å²) >= 11 is 0. The van der Waals surface area contributed by atoms with Crippen LogP contribution < -0.4 is 4.90 Å². The molecule has 1 saturated heterocycles. The molecule has 20 heavy (non-hydrogen) atoms. The summed E-state index contributed by atoms with van der Waals surface area (Å²) < 4.78 is 9.87. The SMILES string of the molecule is COC(=O)CCC(=O)N1CCN(c2nnc(C)o2)CC1. The lowest BCUT2D eigenvalue weighted by molar-refractivity contribution is -0.143. The second kappa shape index (κ2) is 6.36. The fourth-order valence-electron chi connectivity index (χ4n) is 2.03. The van der Waals surface area contributed by atoms with E-state index >= 15 is 0 Å². The van der Waals surface area contributed by atoms with E-state index in [0.717, 1.165) is 0 Å². The summed E-state index contributed by atoms with van der Waals surface area (Å²) in [4.78, 5) is 26.6. The number of rotatable bonds is 4. The van der Waals surface area contributed by atoms with Gasteiger partial charge in [-0.25, -0.2) is 0 Å². The minimum Gasteiger partial charge on any atom is -0.469 e. The van der Waals surface area contributed by atoms with Crippen LogP contribution in [-0.2, 0) is 14.3 Å². The molecule has 0 N–H and O–H groups in total. The van der Waals surface area contributed by atoms with Gasteiger partial charge in [0.05, 0.1) is 13.5 Å². The zero-order valence-electron chi connectivity index (χ0n) is 11.7. The maximum absolute atomic E-state index is 11.9. The lowest BCUT2D eigenvalue weighted by atomic mass is 10.2. The Balaban J connectivity index is 1.79. The van der Waals surface area contributed by atoms with Gasteiger partial charge in [-0.2, -0.15) is 0 Å². The highest BCUT2D eigenvalue weighted by Crippen LogP contribution is 2.14. The van der Waals surface area contributed by atoms with Crippen LogP contribution in [0.5, 0.6) is 0 Å². The molecule has 0 bridgehead atoms. The molecule has 1 fully saturated rings. The average molecular weight is 282 g/mol. The number of piperazine rings is 1. The van der Waals surface area contributed by atoms with Crippen molar-refractivity contribution in [1.29, 1.82) is 0 Å². The van der Waals surface area contributed by atoms with Crippen LogP contribution in [0.2, 0.25) is 0 Å².